The molecule has 0 aliphatic carbocycles. The van der Waals surface area contributed by atoms with Gasteiger partial charge in [0, 0.05) is 0 Å². The Kier molecular flexibility index (Phi) is 421. The van der Waals surface area contributed by atoms with E-state index in [9.17, 15) is 0 Å². The summed E-state index contributed by atoms with van der Waals surface area (Å²) in [6, 6.07) is 0. The smallest absolute Gasteiger partial charge is 3.00 e. The first-order valence-corrected chi connectivity index (χ1v) is 0. The van der Waals surface area contributed by atoms with E-state index in [0.717, 1.165) is 0 Å². The van der Waals surface area contributed by atoms with E-state index in [4.69, 9.17) is 0 Å². The third kappa shape index (κ3) is 37.5. The molecular weight excluding hydrogens is 568 g/mol. The first-order chi connectivity index (χ1) is 0. The summed E-state index contributed by atoms with van der Waals surface area (Å²) in [6.07, 6.45) is 0. The largest absolute Gasteiger partial charge is 4.00 e. The predicted octanol–water partition coefficient (Wildman–Crippen LogP) is 1.06. The molecule has 7 heavy (non-hydrogen) atoms. The molecular formula is P3Sn4+. The summed E-state index contributed by atoms with van der Waals surface area (Å²) in [5.74, 6) is 0. The van der Waals surface area contributed by atoms with Crippen LogP contribution in [0.2, 0.25) is 0 Å². The summed E-state index contributed by atoms with van der Waals surface area (Å²) in [4.78, 5) is 0. The second-order valence-electron chi connectivity index (χ2n) is 0. The summed E-state index contributed by atoms with van der Waals surface area (Å²) in [7, 11) is 0. The summed E-state index contributed by atoms with van der Waals surface area (Å²) < 4.78 is 0. The molecule has 0 rings (SSSR count). The van der Waals surface area contributed by atoms with Gasteiger partial charge in [0.05, 0.1) is 0 Å². The minimum Gasteiger partial charge on any atom is -3.00 e. The Morgan fingerprint density at radius 2 is 0.429 bits per heavy atom. The Hall–Kier alpha value is 4.48. The zero-order valence-corrected chi connectivity index (χ0v) is 17.4. The van der Waals surface area contributed by atoms with Gasteiger partial charge < -0.3 is 29.7 Å². The topological polar surface area (TPSA) is 0 Å². The molecule has 0 aliphatic rings. The fraction of sp³-hybridized carbons (Fsp3) is 0. The van der Waals surface area contributed by atoms with Gasteiger partial charge in [-0.2, -0.15) is 0 Å². The molecule has 0 unspecified atom stereocenters. The third-order valence-electron chi connectivity index (χ3n) is 0. The van der Waals surface area contributed by atoms with E-state index < -0.39 is 0 Å². The Balaban J connectivity index is 0. The molecule has 0 heterocycles. The van der Waals surface area contributed by atoms with Crippen molar-refractivity contribution in [2.45, 2.75) is 0 Å². The molecule has 0 bridgehead atoms. The van der Waals surface area contributed by atoms with Crippen LogP contribution in [0.25, 0.3) is 0 Å². The standard InChI is InChI=1S/3P.4Sn/q3*-3;3*+2;+4. The van der Waals surface area contributed by atoms with E-state index >= 15 is 0 Å². The summed E-state index contributed by atoms with van der Waals surface area (Å²) in [5, 5.41) is 0. The van der Waals surface area contributed by atoms with Crippen molar-refractivity contribution >= 4 is 125 Å². The van der Waals surface area contributed by atoms with Crippen LogP contribution in [0.15, 0.2) is 0 Å². The molecule has 0 spiro atoms. The molecule has 0 amide bonds. The Morgan fingerprint density at radius 3 is 0.429 bits per heavy atom. The van der Waals surface area contributed by atoms with Gasteiger partial charge in [0.15, 0.2) is 0 Å². The maximum absolute atomic E-state index is 0. The summed E-state index contributed by atoms with van der Waals surface area (Å²) >= 11 is 0. The van der Waals surface area contributed by atoms with E-state index in [1.807, 2.05) is 0 Å². The van der Waals surface area contributed by atoms with Crippen LogP contribution in [0.5, 0.6) is 0 Å². The molecule has 0 atom stereocenters. The average molecular weight is 568 g/mol. The molecule has 6 radical (unpaired) electrons. The number of hydrogen-bond donors (Lipinski definition) is 0. The van der Waals surface area contributed by atoms with Crippen LogP contribution in [0.3, 0.4) is 0 Å². The molecule has 30 valence electrons. The van der Waals surface area contributed by atoms with Gasteiger partial charge in [-0.1, -0.05) is 0 Å². The van der Waals surface area contributed by atoms with Crippen molar-refractivity contribution in [3.8, 4) is 0 Å². The average Bonchev–Trinajstić information content (AvgIpc) is 0. The molecule has 0 saturated carbocycles. The molecule has 0 fully saturated rings. The van der Waals surface area contributed by atoms with E-state index in [-0.39, 0.29) is 125 Å². The maximum atomic E-state index is 0. The normalized spacial score (nSPS) is 0. The third-order valence-corrected chi connectivity index (χ3v) is 0. The van der Waals surface area contributed by atoms with Gasteiger partial charge in [-0.3, -0.25) is 0 Å². The van der Waals surface area contributed by atoms with Crippen LogP contribution in [0.4, 0.5) is 0 Å². The Labute approximate surface area is 123 Å². The van der Waals surface area contributed by atoms with E-state index in [2.05, 4.69) is 0 Å². The molecule has 7 heteroatoms. The molecule has 0 saturated heterocycles. The first-order valence-electron chi connectivity index (χ1n) is 0. The van der Waals surface area contributed by atoms with Crippen molar-refractivity contribution < 1.29 is 0 Å². The van der Waals surface area contributed by atoms with Gasteiger partial charge in [-0.25, -0.2) is 0 Å². The molecule has 0 aromatic heterocycles. The minimum atomic E-state index is 0. The molecule has 0 aliphatic heterocycles. The van der Waals surface area contributed by atoms with Gasteiger partial charge >= 0.3 is 95.6 Å². The summed E-state index contributed by atoms with van der Waals surface area (Å²) in [5.41, 5.74) is 0. The van der Waals surface area contributed by atoms with Crippen molar-refractivity contribution in [1.82, 2.24) is 0 Å². The van der Waals surface area contributed by atoms with Crippen molar-refractivity contribution in [1.29, 1.82) is 0 Å². The fourth-order valence-corrected chi connectivity index (χ4v) is 0. The van der Waals surface area contributed by atoms with Crippen molar-refractivity contribution in [2.24, 2.45) is 0 Å². The zero-order chi connectivity index (χ0) is 0. The number of rotatable bonds is 0. The van der Waals surface area contributed by atoms with Gasteiger partial charge in [0.2, 0.25) is 0 Å². The minimum absolute atomic E-state index is 0. The van der Waals surface area contributed by atoms with E-state index in [0.29, 0.717) is 0 Å². The van der Waals surface area contributed by atoms with Crippen molar-refractivity contribution in [3.05, 3.63) is 0 Å². The van der Waals surface area contributed by atoms with Crippen LogP contribution < -0.4 is 0 Å². The molecule has 0 aromatic carbocycles. The van der Waals surface area contributed by atoms with Crippen LogP contribution in [0, 0.1) is 0 Å². The fourth-order valence-electron chi connectivity index (χ4n) is 0. The predicted molar refractivity (Wildman–Crippen MR) is 43.8 cm³/mol. The second-order valence-corrected chi connectivity index (χ2v) is 0. The van der Waals surface area contributed by atoms with Crippen LogP contribution in [-0.2, 0) is 0 Å². The Morgan fingerprint density at radius 1 is 0.429 bits per heavy atom. The van der Waals surface area contributed by atoms with E-state index in [1.165, 1.54) is 0 Å². The van der Waals surface area contributed by atoms with Crippen LogP contribution in [0.1, 0.15) is 0 Å². The monoisotopic (exact) mass is 573 g/mol. The van der Waals surface area contributed by atoms with Crippen LogP contribution >= 0.6 is 29.7 Å². The first kappa shape index (κ1) is 62.8. The zero-order valence-electron chi connectivity index (χ0n) is 3.34. The Bertz CT molecular complexity index is 6.90. The van der Waals surface area contributed by atoms with Gasteiger partial charge in [0.1, 0.15) is 0 Å². The molecule has 0 aromatic rings. The van der Waals surface area contributed by atoms with Gasteiger partial charge in [-0.15, -0.1) is 0 Å². The van der Waals surface area contributed by atoms with Crippen LogP contribution in [-0.4, -0.2) is 95.6 Å². The van der Waals surface area contributed by atoms with Gasteiger partial charge in [-0.05, 0) is 0 Å². The molecule has 0 N–H and O–H groups in total. The summed E-state index contributed by atoms with van der Waals surface area (Å²) in [6.45, 7) is 0. The van der Waals surface area contributed by atoms with Gasteiger partial charge in [0.25, 0.3) is 0 Å². The van der Waals surface area contributed by atoms with Crippen molar-refractivity contribution in [3.63, 3.8) is 0 Å². The van der Waals surface area contributed by atoms with E-state index in [1.54, 1.807) is 0 Å². The molecule has 0 nitrogen and oxygen atoms in total. The number of hydrogen-bond acceptors (Lipinski definition) is 0. The quantitative estimate of drug-likeness (QED) is 0.304. The SMILES string of the molecule is [P-3].[P-3].[P-3].[Sn+2].[Sn+2].[Sn+2].[Sn+4]. The van der Waals surface area contributed by atoms with Crippen molar-refractivity contribution in [2.75, 3.05) is 0 Å². The maximum Gasteiger partial charge on any atom is 4.00 e. The second kappa shape index (κ2) is 46.9.